The number of hydrogen-bond donors (Lipinski definition) is 5. The third-order valence-electron chi connectivity index (χ3n) is 4.63. The van der Waals surface area contributed by atoms with Gasteiger partial charge in [0.2, 0.25) is 11.8 Å². The maximum atomic E-state index is 10.8. The fraction of sp³-hybridized carbons (Fsp3) is 0.846. The molecule has 0 spiro atoms. The highest BCUT2D eigenvalue weighted by atomic mass is 16.2. The molecular weight excluding hydrogens is 414 g/mol. The van der Waals surface area contributed by atoms with Crippen molar-refractivity contribution in [1.82, 2.24) is 16.0 Å². The fourth-order valence-electron chi connectivity index (χ4n) is 1.26. The molecule has 0 aliphatic rings. The summed E-state index contributed by atoms with van der Waals surface area (Å²) in [6, 6.07) is 0. The Bertz CT molecular complexity index is 362. The normalized spacial score (nSPS) is 11.1. The van der Waals surface area contributed by atoms with Gasteiger partial charge in [0, 0.05) is 27.1 Å². The Morgan fingerprint density at radius 3 is 1.39 bits per heavy atom. The second-order valence-electron chi connectivity index (χ2n) is 7.46. The van der Waals surface area contributed by atoms with Crippen LogP contribution in [0.1, 0.15) is 89.5 Å². The van der Waals surface area contributed by atoms with Crippen LogP contribution in [0.25, 0.3) is 0 Å². The van der Waals surface area contributed by atoms with Gasteiger partial charge in [0.15, 0.2) is 0 Å². The molecule has 0 saturated carbocycles. The van der Waals surface area contributed by atoms with Crippen LogP contribution in [-0.2, 0) is 9.59 Å². The summed E-state index contributed by atoms with van der Waals surface area (Å²) in [5, 5.41) is 8.19. The van der Waals surface area contributed by atoms with Crippen molar-refractivity contribution in [3.63, 3.8) is 0 Å². The minimum absolute atomic E-state index is 0. The number of likely N-dealkylation sites (N-methyl/N-ethyl adjacent to an activating group) is 1. The van der Waals surface area contributed by atoms with Gasteiger partial charge in [0.25, 0.3) is 0 Å². The molecule has 7 N–H and O–H groups in total. The van der Waals surface area contributed by atoms with E-state index in [1.54, 1.807) is 14.1 Å². The summed E-state index contributed by atoms with van der Waals surface area (Å²) in [6.07, 6.45) is 5.40. The van der Waals surface area contributed by atoms with E-state index in [-0.39, 0.29) is 34.1 Å². The first-order valence-electron chi connectivity index (χ1n) is 11.3. The second kappa shape index (κ2) is 40.9. The standard InChI is InChI=1S/C9H20N2O.2C5H13N.C4H7NO.3CH4/c1-4-8(2)7-11-6-5-9(12)10-3;2*1-3-5(2)4-6;1-3-4(6)5-2;;;/h8,11H,4-7H2,1-3H3,(H,10,12);2*5H,3-4,6H2,1-2H3;3H,1H2,2H3,(H,5,6);3*1H4. The van der Waals surface area contributed by atoms with Crippen LogP contribution < -0.4 is 27.4 Å². The van der Waals surface area contributed by atoms with Gasteiger partial charge in [-0.2, -0.15) is 0 Å². The molecule has 7 heteroatoms. The molecule has 3 atom stereocenters. The Labute approximate surface area is 209 Å². The Hall–Kier alpha value is -1.44. The zero-order valence-electron chi connectivity index (χ0n) is 21.1. The van der Waals surface area contributed by atoms with Crippen molar-refractivity contribution in [2.45, 2.75) is 89.5 Å². The van der Waals surface area contributed by atoms with Gasteiger partial charge >= 0.3 is 0 Å². The number of nitrogens with one attached hydrogen (secondary N) is 3. The maximum Gasteiger partial charge on any atom is 0.243 e. The fourth-order valence-corrected chi connectivity index (χ4v) is 1.26. The Morgan fingerprint density at radius 2 is 1.21 bits per heavy atom. The molecule has 3 unspecified atom stereocenters. The Balaban J connectivity index is -0.0000000561. The van der Waals surface area contributed by atoms with Crippen LogP contribution in [0.3, 0.4) is 0 Å². The molecule has 33 heavy (non-hydrogen) atoms. The predicted molar refractivity (Wildman–Crippen MR) is 152 cm³/mol. The van der Waals surface area contributed by atoms with Crippen LogP contribution >= 0.6 is 0 Å². The highest BCUT2D eigenvalue weighted by Crippen LogP contribution is 1.96. The van der Waals surface area contributed by atoms with Gasteiger partial charge in [-0.3, -0.25) is 9.59 Å². The van der Waals surface area contributed by atoms with Gasteiger partial charge in [-0.05, 0) is 43.5 Å². The molecule has 2 amide bonds. The maximum absolute atomic E-state index is 10.8. The van der Waals surface area contributed by atoms with Crippen molar-refractivity contribution in [3.05, 3.63) is 12.7 Å². The molecule has 0 aromatic heterocycles. The first-order valence-corrected chi connectivity index (χ1v) is 11.3. The smallest absolute Gasteiger partial charge is 0.243 e. The summed E-state index contributed by atoms with van der Waals surface area (Å²) in [5.74, 6) is 2.09. The second-order valence-corrected chi connectivity index (χ2v) is 7.46. The highest BCUT2D eigenvalue weighted by Gasteiger charge is 1.99. The molecular formula is C26H65N5O2. The van der Waals surface area contributed by atoms with Gasteiger partial charge in [-0.15, -0.1) is 0 Å². The van der Waals surface area contributed by atoms with E-state index < -0.39 is 0 Å². The first-order chi connectivity index (χ1) is 14.1. The van der Waals surface area contributed by atoms with E-state index in [2.05, 4.69) is 64.1 Å². The van der Waals surface area contributed by atoms with Crippen LogP contribution in [0.2, 0.25) is 0 Å². The number of nitrogens with two attached hydrogens (primary N) is 2. The summed E-state index contributed by atoms with van der Waals surface area (Å²) in [7, 11) is 3.22. The van der Waals surface area contributed by atoms with Gasteiger partial charge in [-0.1, -0.05) is 89.7 Å². The number of rotatable bonds is 11. The average molecular weight is 480 g/mol. The number of carbonyl (C=O) groups excluding carboxylic acids is 2. The van der Waals surface area contributed by atoms with Crippen molar-refractivity contribution in [2.24, 2.45) is 29.2 Å². The summed E-state index contributed by atoms with van der Waals surface area (Å²) < 4.78 is 0. The van der Waals surface area contributed by atoms with Crippen LogP contribution in [0.4, 0.5) is 0 Å². The molecule has 0 rings (SSSR count). The van der Waals surface area contributed by atoms with E-state index in [9.17, 15) is 9.59 Å². The summed E-state index contributed by atoms with van der Waals surface area (Å²) in [5.41, 5.74) is 10.6. The van der Waals surface area contributed by atoms with Crippen molar-refractivity contribution in [1.29, 1.82) is 0 Å². The molecule has 0 bridgehead atoms. The van der Waals surface area contributed by atoms with Gasteiger partial charge in [0.1, 0.15) is 0 Å². The molecule has 0 saturated heterocycles. The number of amides is 2. The van der Waals surface area contributed by atoms with Crippen molar-refractivity contribution < 1.29 is 9.59 Å². The zero-order valence-corrected chi connectivity index (χ0v) is 21.1. The molecule has 0 fully saturated rings. The quantitative estimate of drug-likeness (QED) is 0.219. The van der Waals surface area contributed by atoms with Gasteiger partial charge < -0.3 is 27.4 Å². The van der Waals surface area contributed by atoms with E-state index in [0.29, 0.717) is 24.2 Å². The lowest BCUT2D eigenvalue weighted by atomic mass is 10.1. The van der Waals surface area contributed by atoms with E-state index in [1.165, 1.54) is 25.3 Å². The summed E-state index contributed by atoms with van der Waals surface area (Å²) in [4.78, 5) is 20.7. The molecule has 0 aliphatic carbocycles. The van der Waals surface area contributed by atoms with Crippen molar-refractivity contribution >= 4 is 11.8 Å². The van der Waals surface area contributed by atoms with E-state index in [1.807, 2.05) is 0 Å². The average Bonchev–Trinajstić information content (AvgIpc) is 2.80. The Morgan fingerprint density at radius 1 is 0.818 bits per heavy atom. The molecule has 7 nitrogen and oxygen atoms in total. The lowest BCUT2D eigenvalue weighted by molar-refractivity contribution is -0.120. The third kappa shape index (κ3) is 53.6. The van der Waals surface area contributed by atoms with Gasteiger partial charge in [0.05, 0.1) is 0 Å². The Kier molecular flexibility index (Phi) is 60.5. The molecule has 206 valence electrons. The highest BCUT2D eigenvalue weighted by molar-refractivity contribution is 5.86. The van der Waals surface area contributed by atoms with Crippen molar-refractivity contribution in [3.8, 4) is 0 Å². The van der Waals surface area contributed by atoms with E-state index in [4.69, 9.17) is 11.5 Å². The molecule has 0 aromatic carbocycles. The number of hydrogen-bond acceptors (Lipinski definition) is 5. The van der Waals surface area contributed by atoms with Crippen LogP contribution in [0, 0.1) is 17.8 Å². The van der Waals surface area contributed by atoms with Crippen LogP contribution in [0.5, 0.6) is 0 Å². The first kappa shape index (κ1) is 48.9. The largest absolute Gasteiger partial charge is 0.359 e. The SMILES string of the molecule is C.C.C.C=CC(=O)NC.CCC(C)CN.CCC(C)CN.CCC(C)CNCCC(=O)NC. The van der Waals surface area contributed by atoms with Crippen LogP contribution in [-0.4, -0.2) is 52.1 Å². The monoisotopic (exact) mass is 480 g/mol. The lowest BCUT2D eigenvalue weighted by Crippen LogP contribution is -2.27. The molecule has 0 radical (unpaired) electrons. The van der Waals surface area contributed by atoms with E-state index >= 15 is 0 Å². The topological polar surface area (TPSA) is 122 Å². The zero-order chi connectivity index (χ0) is 24.4. The molecule has 0 aliphatic heterocycles. The minimum Gasteiger partial charge on any atom is -0.359 e. The number of carbonyl (C=O) groups is 2. The molecule has 0 aromatic rings. The molecule has 0 heterocycles. The van der Waals surface area contributed by atoms with Crippen LogP contribution in [0.15, 0.2) is 12.7 Å². The summed E-state index contributed by atoms with van der Waals surface area (Å²) >= 11 is 0. The van der Waals surface area contributed by atoms with Gasteiger partial charge in [-0.25, -0.2) is 0 Å². The predicted octanol–water partition coefficient (Wildman–Crippen LogP) is 4.57. The van der Waals surface area contributed by atoms with Crippen molar-refractivity contribution in [2.75, 3.05) is 40.3 Å². The lowest BCUT2D eigenvalue weighted by Gasteiger charge is -2.08. The van der Waals surface area contributed by atoms with E-state index in [0.717, 1.165) is 26.2 Å². The summed E-state index contributed by atoms with van der Waals surface area (Å²) in [6.45, 7) is 19.6. The minimum atomic E-state index is -0.144. The third-order valence-corrected chi connectivity index (χ3v) is 4.63.